The second-order valence-corrected chi connectivity index (χ2v) is 8.42. The van der Waals surface area contributed by atoms with Crippen molar-refractivity contribution in [3.63, 3.8) is 0 Å². The van der Waals surface area contributed by atoms with Gasteiger partial charge in [-0.25, -0.2) is 4.68 Å². The molecule has 0 spiro atoms. The number of nitrogens with one attached hydrogen (secondary N) is 1. The molecule has 1 saturated carbocycles. The van der Waals surface area contributed by atoms with Gasteiger partial charge in [0.2, 0.25) is 5.91 Å². The summed E-state index contributed by atoms with van der Waals surface area (Å²) in [6, 6.07) is 11.9. The number of anilines is 1. The van der Waals surface area contributed by atoms with Crippen LogP contribution in [0.4, 0.5) is 5.69 Å². The first-order chi connectivity index (χ1) is 14.2. The third kappa shape index (κ3) is 5.68. The molecule has 2 fully saturated rings. The maximum absolute atomic E-state index is 12.4. The zero-order chi connectivity index (χ0) is 20.1. The van der Waals surface area contributed by atoms with Gasteiger partial charge in [0.25, 0.3) is 5.56 Å². The van der Waals surface area contributed by atoms with Crippen molar-refractivity contribution in [2.45, 2.75) is 45.1 Å². The number of carbonyl (C=O) groups excluding carboxylic acids is 1. The fraction of sp³-hybridized carbons (Fsp3) is 0.522. The van der Waals surface area contributed by atoms with E-state index in [4.69, 9.17) is 0 Å². The Hall–Kier alpha value is -2.63. The van der Waals surface area contributed by atoms with Crippen molar-refractivity contribution < 1.29 is 4.79 Å². The second kappa shape index (κ2) is 9.25. The normalized spacial score (nSPS) is 19.2. The Balaban J connectivity index is 1.26. The molecule has 1 aromatic heterocycles. The summed E-state index contributed by atoms with van der Waals surface area (Å²) >= 11 is 0. The van der Waals surface area contributed by atoms with Gasteiger partial charge in [-0.3, -0.25) is 9.59 Å². The number of aromatic nitrogens is 2. The average Bonchev–Trinajstić information content (AvgIpc) is 3.55. The standard InChI is InChI=1S/C23H30N4O2/c28-22(24-11-10-18-5-2-1-3-6-18)13-20-7-4-12-26(16-20)21-14-23(29)27(25-15-21)17-19-8-9-19/h1-3,5-6,14-15,19-20H,4,7-13,16-17H2,(H,24,28). The number of carbonyl (C=O) groups is 1. The minimum atomic E-state index is -0.0184. The molecule has 29 heavy (non-hydrogen) atoms. The summed E-state index contributed by atoms with van der Waals surface area (Å²) in [5.74, 6) is 1.06. The molecular formula is C23H30N4O2. The Morgan fingerprint density at radius 3 is 2.72 bits per heavy atom. The Kier molecular flexibility index (Phi) is 6.27. The monoisotopic (exact) mass is 394 g/mol. The number of benzene rings is 1. The van der Waals surface area contributed by atoms with Crippen LogP contribution in [0.2, 0.25) is 0 Å². The molecule has 1 N–H and O–H groups in total. The molecule has 1 aromatic carbocycles. The van der Waals surface area contributed by atoms with Crippen molar-refractivity contribution in [2.24, 2.45) is 11.8 Å². The predicted molar refractivity (Wildman–Crippen MR) is 114 cm³/mol. The lowest BCUT2D eigenvalue weighted by Gasteiger charge is -2.34. The van der Waals surface area contributed by atoms with Crippen LogP contribution < -0.4 is 15.8 Å². The first kappa shape index (κ1) is 19.7. The molecule has 1 aliphatic heterocycles. The molecule has 6 nitrogen and oxygen atoms in total. The maximum atomic E-state index is 12.4. The summed E-state index contributed by atoms with van der Waals surface area (Å²) in [5.41, 5.74) is 2.10. The topological polar surface area (TPSA) is 67.2 Å². The highest BCUT2D eigenvalue weighted by Gasteiger charge is 2.25. The van der Waals surface area contributed by atoms with Crippen molar-refractivity contribution in [2.75, 3.05) is 24.5 Å². The lowest BCUT2D eigenvalue weighted by molar-refractivity contribution is -0.122. The lowest BCUT2D eigenvalue weighted by Crippen LogP contribution is -2.39. The van der Waals surface area contributed by atoms with E-state index in [0.29, 0.717) is 24.8 Å². The Labute approximate surface area is 171 Å². The first-order valence-corrected chi connectivity index (χ1v) is 10.8. The first-order valence-electron chi connectivity index (χ1n) is 10.8. The Morgan fingerprint density at radius 2 is 1.97 bits per heavy atom. The fourth-order valence-corrected chi connectivity index (χ4v) is 4.07. The molecule has 2 aliphatic rings. The molecule has 1 atom stereocenters. The fourth-order valence-electron chi connectivity index (χ4n) is 4.07. The van der Waals surface area contributed by atoms with Crippen LogP contribution in [0.5, 0.6) is 0 Å². The molecular weight excluding hydrogens is 364 g/mol. The number of nitrogens with zero attached hydrogens (tertiary/aromatic N) is 3. The van der Waals surface area contributed by atoms with E-state index in [1.165, 1.54) is 18.4 Å². The summed E-state index contributed by atoms with van der Waals surface area (Å²) in [5, 5.41) is 7.42. The number of amides is 1. The molecule has 0 bridgehead atoms. The molecule has 1 aliphatic carbocycles. The van der Waals surface area contributed by atoms with E-state index in [1.54, 1.807) is 10.7 Å². The third-order valence-corrected chi connectivity index (χ3v) is 5.92. The van der Waals surface area contributed by atoms with Gasteiger partial charge in [0.05, 0.1) is 11.9 Å². The van der Waals surface area contributed by atoms with E-state index >= 15 is 0 Å². The van der Waals surface area contributed by atoms with E-state index < -0.39 is 0 Å². The van der Waals surface area contributed by atoms with Crippen LogP contribution in [0, 0.1) is 11.8 Å². The molecule has 2 aromatic rings. The summed E-state index contributed by atoms with van der Waals surface area (Å²) < 4.78 is 1.59. The van der Waals surface area contributed by atoms with Crippen molar-refractivity contribution in [3.05, 3.63) is 58.5 Å². The molecule has 2 heterocycles. The Bertz CT molecular complexity index is 876. The average molecular weight is 395 g/mol. The Morgan fingerprint density at radius 1 is 1.14 bits per heavy atom. The van der Waals surface area contributed by atoms with Gasteiger partial charge in [-0.15, -0.1) is 0 Å². The molecule has 4 rings (SSSR count). The molecule has 0 radical (unpaired) electrons. The summed E-state index contributed by atoms with van der Waals surface area (Å²) in [4.78, 5) is 26.9. The van der Waals surface area contributed by atoms with Gasteiger partial charge in [-0.05, 0) is 49.5 Å². The number of rotatable bonds is 8. The van der Waals surface area contributed by atoms with Crippen molar-refractivity contribution in [1.29, 1.82) is 0 Å². The summed E-state index contributed by atoms with van der Waals surface area (Å²) in [7, 11) is 0. The second-order valence-electron chi connectivity index (χ2n) is 8.42. The smallest absolute Gasteiger partial charge is 0.268 e. The van der Waals surface area contributed by atoms with Crippen LogP contribution >= 0.6 is 0 Å². The quantitative estimate of drug-likeness (QED) is 0.747. The molecule has 154 valence electrons. The van der Waals surface area contributed by atoms with Gasteiger partial charge in [0, 0.05) is 38.7 Å². The zero-order valence-electron chi connectivity index (χ0n) is 16.9. The highest BCUT2D eigenvalue weighted by atomic mass is 16.1. The zero-order valence-corrected chi connectivity index (χ0v) is 16.9. The van der Waals surface area contributed by atoms with Gasteiger partial charge in [0.1, 0.15) is 0 Å². The van der Waals surface area contributed by atoms with Crippen molar-refractivity contribution in [3.8, 4) is 0 Å². The minimum absolute atomic E-state index is 0.0184. The minimum Gasteiger partial charge on any atom is -0.370 e. The molecule has 1 amide bonds. The number of hydrogen-bond acceptors (Lipinski definition) is 4. The predicted octanol–water partition coefficient (Wildman–Crippen LogP) is 2.62. The van der Waals surface area contributed by atoms with E-state index in [9.17, 15) is 9.59 Å². The van der Waals surface area contributed by atoms with Gasteiger partial charge < -0.3 is 10.2 Å². The highest BCUT2D eigenvalue weighted by Crippen LogP contribution is 2.30. The van der Waals surface area contributed by atoms with Crippen LogP contribution in [0.3, 0.4) is 0 Å². The molecule has 6 heteroatoms. The van der Waals surface area contributed by atoms with Crippen LogP contribution in [0.25, 0.3) is 0 Å². The van der Waals surface area contributed by atoms with Crippen molar-refractivity contribution in [1.82, 2.24) is 15.1 Å². The van der Waals surface area contributed by atoms with Crippen LogP contribution in [0.15, 0.2) is 47.4 Å². The molecule has 1 saturated heterocycles. The van der Waals surface area contributed by atoms with E-state index in [2.05, 4.69) is 27.4 Å². The molecule has 1 unspecified atom stereocenters. The van der Waals surface area contributed by atoms with Crippen LogP contribution in [0.1, 0.15) is 37.7 Å². The third-order valence-electron chi connectivity index (χ3n) is 5.92. The van der Waals surface area contributed by atoms with Crippen molar-refractivity contribution >= 4 is 11.6 Å². The largest absolute Gasteiger partial charge is 0.370 e. The number of piperidine rings is 1. The number of hydrogen-bond donors (Lipinski definition) is 1. The van der Waals surface area contributed by atoms with E-state index in [-0.39, 0.29) is 11.5 Å². The van der Waals surface area contributed by atoms with Gasteiger partial charge in [-0.2, -0.15) is 5.10 Å². The van der Waals surface area contributed by atoms with E-state index in [1.807, 2.05) is 24.4 Å². The van der Waals surface area contributed by atoms with Gasteiger partial charge in [0.15, 0.2) is 0 Å². The summed E-state index contributed by atoms with van der Waals surface area (Å²) in [6.45, 7) is 3.13. The highest BCUT2D eigenvalue weighted by molar-refractivity contribution is 5.76. The lowest BCUT2D eigenvalue weighted by atomic mass is 9.94. The van der Waals surface area contributed by atoms with Gasteiger partial charge >= 0.3 is 0 Å². The van der Waals surface area contributed by atoms with Gasteiger partial charge in [-0.1, -0.05) is 30.3 Å². The van der Waals surface area contributed by atoms with E-state index in [0.717, 1.165) is 44.6 Å². The van der Waals surface area contributed by atoms with Crippen LogP contribution in [-0.2, 0) is 17.8 Å². The summed E-state index contributed by atoms with van der Waals surface area (Å²) in [6.07, 6.45) is 7.70. The van der Waals surface area contributed by atoms with Crippen LogP contribution in [-0.4, -0.2) is 35.3 Å². The SMILES string of the molecule is O=C(CC1CCCN(c2cnn(CC3CC3)c(=O)c2)C1)NCCc1ccccc1. The maximum Gasteiger partial charge on any atom is 0.268 e.